The molecule has 0 aliphatic rings. The van der Waals surface area contributed by atoms with Gasteiger partial charge in [-0.15, -0.1) is 0 Å². The maximum atomic E-state index is 11.8. The van der Waals surface area contributed by atoms with Crippen molar-refractivity contribution in [2.75, 3.05) is 6.61 Å². The molecule has 2 aromatic rings. The van der Waals surface area contributed by atoms with Gasteiger partial charge in [0.25, 0.3) is 5.91 Å². The van der Waals surface area contributed by atoms with Crippen LogP contribution in [0.5, 0.6) is 5.75 Å². The third-order valence-corrected chi connectivity index (χ3v) is 3.58. The van der Waals surface area contributed by atoms with Gasteiger partial charge in [-0.3, -0.25) is 20.4 Å². The van der Waals surface area contributed by atoms with E-state index in [1.54, 1.807) is 42.5 Å². The molecule has 0 aliphatic carbocycles. The highest BCUT2D eigenvalue weighted by Gasteiger charge is 2.07. The zero-order valence-corrected chi connectivity index (χ0v) is 14.2. The highest BCUT2D eigenvalue weighted by Crippen LogP contribution is 2.27. The van der Waals surface area contributed by atoms with Gasteiger partial charge in [0.1, 0.15) is 5.75 Å². The van der Waals surface area contributed by atoms with Gasteiger partial charge in [-0.1, -0.05) is 41.4 Å². The molecule has 24 heavy (non-hydrogen) atoms. The number of carbonyl (C=O) groups excluding carboxylic acids is 2. The number of hydrogen-bond acceptors (Lipinski definition) is 3. The molecule has 2 rings (SSSR count). The molecule has 5 nitrogen and oxygen atoms in total. The van der Waals surface area contributed by atoms with Gasteiger partial charge in [0.05, 0.1) is 11.6 Å². The van der Waals surface area contributed by atoms with Crippen molar-refractivity contribution in [1.82, 2.24) is 10.9 Å². The van der Waals surface area contributed by atoms with Crippen LogP contribution in [0, 0.1) is 0 Å². The van der Waals surface area contributed by atoms with Gasteiger partial charge in [0.2, 0.25) is 5.91 Å². The molecule has 0 aromatic heterocycles. The molecule has 7 heteroatoms. The highest BCUT2D eigenvalue weighted by atomic mass is 35.5. The number of ether oxygens (including phenoxy) is 1. The second-order valence-electron chi connectivity index (χ2n) is 4.90. The maximum Gasteiger partial charge on any atom is 0.269 e. The van der Waals surface area contributed by atoms with Crippen molar-refractivity contribution in [2.45, 2.75) is 12.8 Å². The standard InChI is InChI=1S/C17H16Cl2N2O3/c18-13-8-9-15(14(19)11-13)24-10-4-7-16(22)20-21-17(23)12-5-2-1-3-6-12/h1-3,5-6,8-9,11H,4,7,10H2,(H,20,22)(H,21,23). The Labute approximate surface area is 149 Å². The summed E-state index contributed by atoms with van der Waals surface area (Å²) in [6.07, 6.45) is 0.687. The lowest BCUT2D eigenvalue weighted by Crippen LogP contribution is -2.41. The molecule has 126 valence electrons. The van der Waals surface area contributed by atoms with Crippen molar-refractivity contribution in [3.63, 3.8) is 0 Å². The van der Waals surface area contributed by atoms with E-state index >= 15 is 0 Å². The molecule has 2 N–H and O–H groups in total. The van der Waals surface area contributed by atoms with Gasteiger partial charge < -0.3 is 4.74 Å². The van der Waals surface area contributed by atoms with Gasteiger partial charge in [0.15, 0.2) is 0 Å². The van der Waals surface area contributed by atoms with Gasteiger partial charge in [-0.2, -0.15) is 0 Å². The van der Waals surface area contributed by atoms with Crippen LogP contribution in [0.25, 0.3) is 0 Å². The number of nitrogens with one attached hydrogen (secondary N) is 2. The third kappa shape index (κ3) is 5.76. The molecular formula is C17H16Cl2N2O3. The summed E-state index contributed by atoms with van der Waals surface area (Å²) in [6, 6.07) is 13.5. The fourth-order valence-electron chi connectivity index (χ4n) is 1.86. The SMILES string of the molecule is O=C(CCCOc1ccc(Cl)cc1Cl)NNC(=O)c1ccccc1. The molecule has 2 aromatic carbocycles. The minimum atomic E-state index is -0.367. The molecule has 0 radical (unpaired) electrons. The highest BCUT2D eigenvalue weighted by molar-refractivity contribution is 6.35. The summed E-state index contributed by atoms with van der Waals surface area (Å²) in [5.74, 6) is -0.155. The van der Waals surface area contributed by atoms with E-state index in [9.17, 15) is 9.59 Å². The summed E-state index contributed by atoms with van der Waals surface area (Å²) in [6.45, 7) is 0.321. The fraction of sp³-hybridized carbons (Fsp3) is 0.176. The van der Waals surface area contributed by atoms with Crippen molar-refractivity contribution in [3.05, 3.63) is 64.1 Å². The summed E-state index contributed by atoms with van der Waals surface area (Å²) < 4.78 is 5.48. The molecule has 2 amide bonds. The Balaban J connectivity index is 1.65. The van der Waals surface area contributed by atoms with E-state index < -0.39 is 0 Å². The zero-order chi connectivity index (χ0) is 17.4. The second kappa shape index (κ2) is 9.15. The summed E-state index contributed by atoms with van der Waals surface area (Å²) in [5.41, 5.74) is 5.19. The van der Waals surface area contributed by atoms with Crippen LogP contribution in [0.15, 0.2) is 48.5 Å². The Hall–Kier alpha value is -2.24. The van der Waals surface area contributed by atoms with Crippen LogP contribution in [-0.4, -0.2) is 18.4 Å². The van der Waals surface area contributed by atoms with Gasteiger partial charge in [0, 0.05) is 17.0 Å². The average Bonchev–Trinajstić information content (AvgIpc) is 2.59. The van der Waals surface area contributed by atoms with Crippen LogP contribution in [0.1, 0.15) is 23.2 Å². The van der Waals surface area contributed by atoms with Crippen LogP contribution in [-0.2, 0) is 4.79 Å². The number of carbonyl (C=O) groups is 2. The van der Waals surface area contributed by atoms with E-state index in [0.29, 0.717) is 34.4 Å². The lowest BCUT2D eigenvalue weighted by Gasteiger charge is -2.09. The van der Waals surface area contributed by atoms with Crippen molar-refractivity contribution >= 4 is 35.0 Å². The first kappa shape index (κ1) is 18.1. The van der Waals surface area contributed by atoms with E-state index in [0.717, 1.165) is 0 Å². The first-order valence-electron chi connectivity index (χ1n) is 7.28. The molecule has 0 atom stereocenters. The Morgan fingerprint density at radius 2 is 1.75 bits per heavy atom. The normalized spacial score (nSPS) is 10.1. The Morgan fingerprint density at radius 1 is 1.00 bits per heavy atom. The van der Waals surface area contributed by atoms with Crippen LogP contribution in [0.2, 0.25) is 10.0 Å². The summed E-state index contributed by atoms with van der Waals surface area (Å²) in [7, 11) is 0. The number of rotatable bonds is 6. The topological polar surface area (TPSA) is 67.4 Å². The van der Waals surface area contributed by atoms with Crippen LogP contribution < -0.4 is 15.6 Å². The predicted molar refractivity (Wildman–Crippen MR) is 93.2 cm³/mol. The minimum absolute atomic E-state index is 0.209. The molecule has 0 unspecified atom stereocenters. The van der Waals surface area contributed by atoms with Crippen LogP contribution in [0.3, 0.4) is 0 Å². The number of hydrogen-bond donors (Lipinski definition) is 2. The molecular weight excluding hydrogens is 351 g/mol. The van der Waals surface area contributed by atoms with E-state index in [1.165, 1.54) is 0 Å². The zero-order valence-electron chi connectivity index (χ0n) is 12.7. The van der Waals surface area contributed by atoms with Crippen molar-refractivity contribution in [3.8, 4) is 5.75 Å². The quantitative estimate of drug-likeness (QED) is 0.606. The average molecular weight is 367 g/mol. The first-order chi connectivity index (χ1) is 11.6. The smallest absolute Gasteiger partial charge is 0.269 e. The fourth-order valence-corrected chi connectivity index (χ4v) is 2.32. The van der Waals surface area contributed by atoms with E-state index in [-0.39, 0.29) is 18.2 Å². The third-order valence-electron chi connectivity index (χ3n) is 3.05. The van der Waals surface area contributed by atoms with Crippen LogP contribution in [0.4, 0.5) is 0 Å². The largest absolute Gasteiger partial charge is 0.492 e. The molecule has 0 spiro atoms. The maximum absolute atomic E-state index is 11.8. The number of hydrazine groups is 1. The van der Waals surface area contributed by atoms with E-state index in [2.05, 4.69) is 10.9 Å². The van der Waals surface area contributed by atoms with E-state index in [1.807, 2.05) is 6.07 Å². The van der Waals surface area contributed by atoms with Gasteiger partial charge >= 0.3 is 0 Å². The number of halogens is 2. The summed E-state index contributed by atoms with van der Waals surface area (Å²) in [5, 5.41) is 0.947. The Kier molecular flexibility index (Phi) is 6.90. The molecule has 0 saturated carbocycles. The number of benzene rings is 2. The predicted octanol–water partition coefficient (Wildman–Crippen LogP) is 3.61. The Morgan fingerprint density at radius 3 is 2.46 bits per heavy atom. The van der Waals surface area contributed by atoms with Crippen LogP contribution >= 0.6 is 23.2 Å². The van der Waals surface area contributed by atoms with Crippen molar-refractivity contribution in [2.24, 2.45) is 0 Å². The van der Waals surface area contributed by atoms with Crippen molar-refractivity contribution < 1.29 is 14.3 Å². The second-order valence-corrected chi connectivity index (χ2v) is 5.74. The Bertz CT molecular complexity index is 708. The first-order valence-corrected chi connectivity index (χ1v) is 8.04. The lowest BCUT2D eigenvalue weighted by molar-refractivity contribution is -0.122. The van der Waals surface area contributed by atoms with E-state index in [4.69, 9.17) is 27.9 Å². The molecule has 0 saturated heterocycles. The summed E-state index contributed by atoms with van der Waals surface area (Å²) in [4.78, 5) is 23.4. The molecule has 0 bridgehead atoms. The number of amides is 2. The van der Waals surface area contributed by atoms with Gasteiger partial charge in [-0.05, 0) is 36.8 Å². The lowest BCUT2D eigenvalue weighted by atomic mass is 10.2. The monoisotopic (exact) mass is 366 g/mol. The molecule has 0 aliphatic heterocycles. The summed E-state index contributed by atoms with van der Waals surface area (Å²) >= 11 is 11.8. The molecule has 0 fully saturated rings. The minimum Gasteiger partial charge on any atom is -0.492 e. The molecule has 0 heterocycles. The van der Waals surface area contributed by atoms with Crippen molar-refractivity contribution in [1.29, 1.82) is 0 Å². The van der Waals surface area contributed by atoms with Gasteiger partial charge in [-0.25, -0.2) is 0 Å².